The molecule has 2 rings (SSSR count). The van der Waals surface area contributed by atoms with Crippen LogP contribution in [-0.4, -0.2) is 26.8 Å². The second-order valence-electron chi connectivity index (χ2n) is 4.27. The molecule has 0 aromatic heterocycles. The monoisotopic (exact) mass is 299 g/mol. The van der Waals surface area contributed by atoms with Gasteiger partial charge >= 0.3 is 0 Å². The third-order valence-electron chi connectivity index (χ3n) is 2.81. The molecule has 0 radical (unpaired) electrons. The molecule has 1 fully saturated rings. The largest absolute Gasteiger partial charge is 0.493 e. The Morgan fingerprint density at radius 2 is 2.24 bits per heavy atom. The maximum Gasteiger partial charge on any atom is 0.175 e. The van der Waals surface area contributed by atoms with Crippen LogP contribution in [0.3, 0.4) is 0 Å². The number of halogens is 1. The third-order valence-corrected chi connectivity index (χ3v) is 3.43. The van der Waals surface area contributed by atoms with Crippen molar-refractivity contribution < 1.29 is 9.47 Å². The van der Waals surface area contributed by atoms with E-state index in [2.05, 4.69) is 21.2 Å². The zero-order valence-corrected chi connectivity index (χ0v) is 11.6. The Bertz CT molecular complexity index is 366. The van der Waals surface area contributed by atoms with E-state index in [1.54, 1.807) is 7.11 Å². The first kappa shape index (κ1) is 12.7. The number of methoxy groups -OCH3 is 1. The van der Waals surface area contributed by atoms with Gasteiger partial charge in [-0.3, -0.25) is 0 Å². The number of ether oxygens (including phenoxy) is 2. The molecule has 0 atom stereocenters. The quantitative estimate of drug-likeness (QED) is 0.786. The lowest BCUT2D eigenvalue weighted by molar-refractivity contribution is 0.290. The fourth-order valence-corrected chi connectivity index (χ4v) is 2.11. The molecule has 1 aliphatic carbocycles. The van der Waals surface area contributed by atoms with Crippen molar-refractivity contribution in [1.82, 2.24) is 5.32 Å². The Balaban J connectivity index is 1.76. The minimum atomic E-state index is 0.658. The summed E-state index contributed by atoms with van der Waals surface area (Å²) in [5, 5.41) is 3.39. The van der Waals surface area contributed by atoms with Crippen LogP contribution in [0.15, 0.2) is 22.7 Å². The molecule has 0 heterocycles. The van der Waals surface area contributed by atoms with Gasteiger partial charge in [-0.1, -0.05) is 6.07 Å². The van der Waals surface area contributed by atoms with Crippen molar-refractivity contribution in [3.05, 3.63) is 22.7 Å². The summed E-state index contributed by atoms with van der Waals surface area (Å²) in [7, 11) is 1.65. The van der Waals surface area contributed by atoms with Crippen molar-refractivity contribution in [2.75, 3.05) is 26.8 Å². The van der Waals surface area contributed by atoms with Crippen LogP contribution in [0.25, 0.3) is 0 Å². The van der Waals surface area contributed by atoms with Gasteiger partial charge in [-0.25, -0.2) is 0 Å². The molecule has 1 aromatic carbocycles. The number of rotatable bonds is 7. The van der Waals surface area contributed by atoms with Gasteiger partial charge in [0.2, 0.25) is 0 Å². The van der Waals surface area contributed by atoms with Crippen LogP contribution < -0.4 is 14.8 Å². The van der Waals surface area contributed by atoms with Gasteiger partial charge < -0.3 is 14.8 Å². The highest BCUT2D eigenvalue weighted by Crippen LogP contribution is 2.34. The van der Waals surface area contributed by atoms with Crippen LogP contribution in [0, 0.1) is 5.92 Å². The van der Waals surface area contributed by atoms with Crippen LogP contribution in [0.4, 0.5) is 0 Å². The normalized spacial score (nSPS) is 14.7. The van der Waals surface area contributed by atoms with E-state index in [1.165, 1.54) is 12.8 Å². The predicted octanol–water partition coefficient (Wildman–Crippen LogP) is 2.84. The molecular weight excluding hydrogens is 282 g/mol. The Morgan fingerprint density at radius 3 is 2.94 bits per heavy atom. The summed E-state index contributed by atoms with van der Waals surface area (Å²) >= 11 is 3.46. The number of para-hydroxylation sites is 1. The second-order valence-corrected chi connectivity index (χ2v) is 5.12. The summed E-state index contributed by atoms with van der Waals surface area (Å²) in [4.78, 5) is 0. The molecule has 1 saturated carbocycles. The molecule has 1 N–H and O–H groups in total. The number of hydrogen-bond acceptors (Lipinski definition) is 3. The summed E-state index contributed by atoms with van der Waals surface area (Å²) in [5.74, 6) is 2.46. The molecule has 94 valence electrons. The van der Waals surface area contributed by atoms with E-state index >= 15 is 0 Å². The lowest BCUT2D eigenvalue weighted by Gasteiger charge is -2.12. The van der Waals surface area contributed by atoms with E-state index in [-0.39, 0.29) is 0 Å². The summed E-state index contributed by atoms with van der Waals surface area (Å²) in [6, 6.07) is 5.79. The highest BCUT2D eigenvalue weighted by atomic mass is 79.9. The van der Waals surface area contributed by atoms with Crippen molar-refractivity contribution in [2.45, 2.75) is 12.8 Å². The number of nitrogens with one attached hydrogen (secondary N) is 1. The molecular formula is C13H18BrNO2. The fraction of sp³-hybridized carbons (Fsp3) is 0.538. The van der Waals surface area contributed by atoms with E-state index < -0.39 is 0 Å². The zero-order valence-electron chi connectivity index (χ0n) is 10.0. The maximum atomic E-state index is 5.73. The Kier molecular flexibility index (Phi) is 4.68. The highest BCUT2D eigenvalue weighted by molar-refractivity contribution is 9.10. The minimum absolute atomic E-state index is 0.658. The maximum absolute atomic E-state index is 5.73. The van der Waals surface area contributed by atoms with Gasteiger partial charge in [0.25, 0.3) is 0 Å². The van der Waals surface area contributed by atoms with Gasteiger partial charge in [0.15, 0.2) is 11.5 Å². The van der Waals surface area contributed by atoms with Gasteiger partial charge in [-0.15, -0.1) is 0 Å². The SMILES string of the molecule is COc1cccc(Br)c1OCCNCC1CC1. The highest BCUT2D eigenvalue weighted by Gasteiger charge is 2.20. The van der Waals surface area contributed by atoms with Gasteiger partial charge in [0, 0.05) is 6.54 Å². The summed E-state index contributed by atoms with van der Waals surface area (Å²) in [6.07, 6.45) is 2.76. The standard InChI is InChI=1S/C13H18BrNO2/c1-16-12-4-2-3-11(14)13(12)17-8-7-15-9-10-5-6-10/h2-4,10,15H,5-9H2,1H3. The molecule has 0 bridgehead atoms. The summed E-state index contributed by atoms with van der Waals surface area (Å²) in [6.45, 7) is 2.66. The summed E-state index contributed by atoms with van der Waals surface area (Å²) in [5.41, 5.74) is 0. The molecule has 4 heteroatoms. The van der Waals surface area contributed by atoms with E-state index in [9.17, 15) is 0 Å². The molecule has 0 saturated heterocycles. The molecule has 0 unspecified atom stereocenters. The van der Waals surface area contributed by atoms with Gasteiger partial charge in [0.1, 0.15) is 6.61 Å². The zero-order chi connectivity index (χ0) is 12.1. The van der Waals surface area contributed by atoms with Crippen molar-refractivity contribution in [1.29, 1.82) is 0 Å². The lowest BCUT2D eigenvalue weighted by Crippen LogP contribution is -2.23. The average Bonchev–Trinajstić information content (AvgIpc) is 3.14. The van der Waals surface area contributed by atoms with E-state index in [1.807, 2.05) is 18.2 Å². The van der Waals surface area contributed by atoms with Crippen molar-refractivity contribution in [3.8, 4) is 11.5 Å². The number of benzene rings is 1. The van der Waals surface area contributed by atoms with Gasteiger partial charge in [0.05, 0.1) is 11.6 Å². The molecule has 1 aliphatic rings. The van der Waals surface area contributed by atoms with E-state index in [0.29, 0.717) is 6.61 Å². The second kappa shape index (κ2) is 6.26. The van der Waals surface area contributed by atoms with Crippen LogP contribution in [-0.2, 0) is 0 Å². The average molecular weight is 300 g/mol. The van der Waals surface area contributed by atoms with Gasteiger partial charge in [-0.2, -0.15) is 0 Å². The molecule has 0 aliphatic heterocycles. The van der Waals surface area contributed by atoms with Crippen molar-refractivity contribution in [3.63, 3.8) is 0 Å². The molecule has 1 aromatic rings. The predicted molar refractivity (Wildman–Crippen MR) is 71.8 cm³/mol. The van der Waals surface area contributed by atoms with E-state index in [4.69, 9.17) is 9.47 Å². The molecule has 3 nitrogen and oxygen atoms in total. The smallest absolute Gasteiger partial charge is 0.175 e. The van der Waals surface area contributed by atoms with Crippen LogP contribution in [0.2, 0.25) is 0 Å². The minimum Gasteiger partial charge on any atom is -0.493 e. The first-order valence-electron chi connectivity index (χ1n) is 5.97. The first-order valence-corrected chi connectivity index (χ1v) is 6.76. The van der Waals surface area contributed by atoms with Crippen LogP contribution in [0.5, 0.6) is 11.5 Å². The Labute approximate surface area is 111 Å². The lowest BCUT2D eigenvalue weighted by atomic mass is 10.3. The van der Waals surface area contributed by atoms with Crippen LogP contribution in [0.1, 0.15) is 12.8 Å². The van der Waals surface area contributed by atoms with Crippen LogP contribution >= 0.6 is 15.9 Å². The Morgan fingerprint density at radius 1 is 1.41 bits per heavy atom. The van der Waals surface area contributed by atoms with E-state index in [0.717, 1.165) is 35.0 Å². The first-order chi connectivity index (χ1) is 8.31. The number of hydrogen-bond donors (Lipinski definition) is 1. The third kappa shape index (κ3) is 3.89. The molecule has 17 heavy (non-hydrogen) atoms. The van der Waals surface area contributed by atoms with Crippen molar-refractivity contribution in [2.24, 2.45) is 5.92 Å². The van der Waals surface area contributed by atoms with Crippen molar-refractivity contribution >= 4 is 15.9 Å². The molecule has 0 amide bonds. The van der Waals surface area contributed by atoms with Gasteiger partial charge in [-0.05, 0) is 53.4 Å². The Hall–Kier alpha value is -0.740. The topological polar surface area (TPSA) is 30.5 Å². The summed E-state index contributed by atoms with van der Waals surface area (Å²) < 4.78 is 11.9. The fourth-order valence-electron chi connectivity index (χ4n) is 1.64. The molecule has 0 spiro atoms.